The third-order valence-electron chi connectivity index (χ3n) is 3.88. The average Bonchev–Trinajstić information content (AvgIpc) is 3.01. The maximum absolute atomic E-state index is 12.1. The molecule has 126 valence electrons. The fourth-order valence-electron chi connectivity index (χ4n) is 2.50. The highest BCUT2D eigenvalue weighted by molar-refractivity contribution is 6.30. The average molecular weight is 348 g/mol. The summed E-state index contributed by atoms with van der Waals surface area (Å²) in [5.74, 6) is 1.14. The number of halogens is 1. The highest BCUT2D eigenvalue weighted by Crippen LogP contribution is 2.32. The number of hydrogen-bond donors (Lipinski definition) is 2. The zero-order valence-corrected chi connectivity index (χ0v) is 14.0. The molecule has 0 bridgehead atoms. The number of nitrogens with one attached hydrogen (secondary N) is 1. The van der Waals surface area contributed by atoms with Gasteiger partial charge in [0, 0.05) is 5.02 Å². The maximum Gasteiger partial charge on any atom is 0.231 e. The van der Waals surface area contributed by atoms with E-state index in [9.17, 15) is 9.90 Å². The van der Waals surface area contributed by atoms with Gasteiger partial charge in [-0.1, -0.05) is 29.8 Å². The van der Waals surface area contributed by atoms with Crippen molar-refractivity contribution >= 4 is 17.5 Å². The first kappa shape index (κ1) is 16.6. The lowest BCUT2D eigenvalue weighted by Gasteiger charge is -2.24. The Kier molecular flexibility index (Phi) is 4.64. The van der Waals surface area contributed by atoms with Crippen LogP contribution in [0.2, 0.25) is 5.02 Å². The molecule has 1 atom stereocenters. The highest BCUT2D eigenvalue weighted by atomic mass is 35.5. The lowest BCUT2D eigenvalue weighted by atomic mass is 9.96. The minimum atomic E-state index is -1.20. The van der Waals surface area contributed by atoms with Gasteiger partial charge in [-0.2, -0.15) is 0 Å². The predicted molar refractivity (Wildman–Crippen MR) is 90.3 cm³/mol. The van der Waals surface area contributed by atoms with E-state index >= 15 is 0 Å². The molecule has 3 rings (SSSR count). The van der Waals surface area contributed by atoms with Crippen LogP contribution in [0.4, 0.5) is 0 Å². The Labute approximate surface area is 145 Å². The number of amides is 1. The number of hydrogen-bond acceptors (Lipinski definition) is 4. The maximum atomic E-state index is 12.1. The second-order valence-electron chi connectivity index (χ2n) is 5.93. The Morgan fingerprint density at radius 2 is 2.04 bits per heavy atom. The van der Waals surface area contributed by atoms with E-state index in [0.717, 1.165) is 5.56 Å². The Morgan fingerprint density at radius 1 is 1.25 bits per heavy atom. The van der Waals surface area contributed by atoms with Crippen LogP contribution in [-0.2, 0) is 16.8 Å². The van der Waals surface area contributed by atoms with E-state index in [1.54, 1.807) is 43.3 Å². The zero-order chi connectivity index (χ0) is 17.2. The van der Waals surface area contributed by atoms with Crippen LogP contribution in [0, 0.1) is 0 Å². The van der Waals surface area contributed by atoms with E-state index in [-0.39, 0.29) is 25.7 Å². The molecule has 1 aliphatic heterocycles. The number of aliphatic hydroxyl groups is 1. The normalized spacial score (nSPS) is 15.0. The number of ether oxygens (including phenoxy) is 2. The van der Waals surface area contributed by atoms with Crippen molar-refractivity contribution in [3.05, 3.63) is 58.6 Å². The van der Waals surface area contributed by atoms with Gasteiger partial charge in [-0.3, -0.25) is 4.79 Å². The van der Waals surface area contributed by atoms with Crippen molar-refractivity contribution in [1.82, 2.24) is 5.32 Å². The van der Waals surface area contributed by atoms with E-state index in [1.807, 2.05) is 6.07 Å². The molecule has 1 aliphatic rings. The van der Waals surface area contributed by atoms with Crippen LogP contribution in [0.1, 0.15) is 18.1 Å². The van der Waals surface area contributed by atoms with Crippen molar-refractivity contribution in [2.75, 3.05) is 13.3 Å². The van der Waals surface area contributed by atoms with Crippen molar-refractivity contribution in [1.29, 1.82) is 0 Å². The van der Waals surface area contributed by atoms with Gasteiger partial charge in [0.15, 0.2) is 11.5 Å². The van der Waals surface area contributed by atoms with Crippen LogP contribution in [0.15, 0.2) is 42.5 Å². The molecule has 0 aromatic heterocycles. The summed E-state index contributed by atoms with van der Waals surface area (Å²) in [6, 6.07) is 12.4. The molecule has 2 aromatic carbocycles. The Hall–Kier alpha value is -2.24. The van der Waals surface area contributed by atoms with Crippen LogP contribution in [-0.4, -0.2) is 24.4 Å². The first-order valence-corrected chi connectivity index (χ1v) is 7.95. The molecule has 0 fully saturated rings. The molecule has 0 saturated carbocycles. The van der Waals surface area contributed by atoms with Gasteiger partial charge in [0.1, 0.15) is 5.60 Å². The number of carbonyl (C=O) groups is 1. The van der Waals surface area contributed by atoms with Crippen molar-refractivity contribution < 1.29 is 19.4 Å². The summed E-state index contributed by atoms with van der Waals surface area (Å²) in [7, 11) is 0. The quantitative estimate of drug-likeness (QED) is 0.872. The Balaban J connectivity index is 1.59. The number of fused-ring (bicyclic) bond motifs is 1. The third kappa shape index (κ3) is 3.80. The molecule has 0 aliphatic carbocycles. The molecule has 2 N–H and O–H groups in total. The van der Waals surface area contributed by atoms with Gasteiger partial charge < -0.3 is 19.9 Å². The molecule has 1 amide bonds. The minimum Gasteiger partial charge on any atom is -0.454 e. The van der Waals surface area contributed by atoms with Gasteiger partial charge >= 0.3 is 0 Å². The summed E-state index contributed by atoms with van der Waals surface area (Å²) in [6.07, 6.45) is 0.197. The van der Waals surface area contributed by atoms with Gasteiger partial charge in [-0.25, -0.2) is 0 Å². The lowest BCUT2D eigenvalue weighted by Crippen LogP contribution is -2.39. The molecule has 0 saturated heterocycles. The van der Waals surface area contributed by atoms with Crippen LogP contribution >= 0.6 is 11.6 Å². The highest BCUT2D eigenvalue weighted by Gasteiger charge is 2.24. The Morgan fingerprint density at radius 3 is 2.83 bits per heavy atom. The Bertz CT molecular complexity index is 760. The third-order valence-corrected chi connectivity index (χ3v) is 4.11. The lowest BCUT2D eigenvalue weighted by molar-refractivity contribution is -0.121. The summed E-state index contributed by atoms with van der Waals surface area (Å²) in [5, 5.41) is 13.8. The summed E-state index contributed by atoms with van der Waals surface area (Å²) < 4.78 is 10.5. The molecule has 5 nitrogen and oxygen atoms in total. The smallest absolute Gasteiger partial charge is 0.231 e. The summed E-state index contributed by atoms with van der Waals surface area (Å²) in [6.45, 7) is 1.93. The van der Waals surface area contributed by atoms with Gasteiger partial charge in [0.05, 0.1) is 13.0 Å². The molecule has 2 aromatic rings. The topological polar surface area (TPSA) is 67.8 Å². The van der Waals surface area contributed by atoms with Gasteiger partial charge in [-0.15, -0.1) is 0 Å². The molecular weight excluding hydrogens is 330 g/mol. The van der Waals surface area contributed by atoms with Gasteiger partial charge in [0.2, 0.25) is 12.7 Å². The second kappa shape index (κ2) is 6.71. The van der Waals surface area contributed by atoms with Crippen LogP contribution in [0.5, 0.6) is 11.5 Å². The van der Waals surface area contributed by atoms with Crippen molar-refractivity contribution in [3.8, 4) is 11.5 Å². The summed E-state index contributed by atoms with van der Waals surface area (Å²) >= 11 is 5.95. The summed E-state index contributed by atoms with van der Waals surface area (Å²) in [4.78, 5) is 12.1. The first-order chi connectivity index (χ1) is 11.4. The van der Waals surface area contributed by atoms with Crippen molar-refractivity contribution in [2.24, 2.45) is 0 Å². The second-order valence-corrected chi connectivity index (χ2v) is 6.36. The van der Waals surface area contributed by atoms with Crippen molar-refractivity contribution in [3.63, 3.8) is 0 Å². The van der Waals surface area contributed by atoms with E-state index in [1.165, 1.54) is 0 Å². The van der Waals surface area contributed by atoms with E-state index in [4.69, 9.17) is 21.1 Å². The molecule has 6 heteroatoms. The predicted octanol–water partition coefficient (Wildman–Crippen LogP) is 2.64. The zero-order valence-electron chi connectivity index (χ0n) is 13.2. The van der Waals surface area contributed by atoms with Crippen LogP contribution in [0.3, 0.4) is 0 Å². The number of rotatable bonds is 5. The van der Waals surface area contributed by atoms with Crippen molar-refractivity contribution in [2.45, 2.75) is 18.9 Å². The molecule has 1 unspecified atom stereocenters. The van der Waals surface area contributed by atoms with Crippen LogP contribution in [0.25, 0.3) is 0 Å². The molecule has 0 radical (unpaired) electrons. The molecular formula is C18H18ClNO4. The standard InChI is InChI=1S/C18H18ClNO4/c1-18(22,13-3-2-4-14(19)9-13)10-20-17(21)8-12-5-6-15-16(7-12)24-11-23-15/h2-7,9,22H,8,10-11H2,1H3,(H,20,21). The largest absolute Gasteiger partial charge is 0.454 e. The van der Waals surface area contributed by atoms with E-state index < -0.39 is 5.60 Å². The minimum absolute atomic E-state index is 0.0940. The fraction of sp³-hybridized carbons (Fsp3) is 0.278. The monoisotopic (exact) mass is 347 g/mol. The molecule has 24 heavy (non-hydrogen) atoms. The van der Waals surface area contributed by atoms with E-state index in [0.29, 0.717) is 22.1 Å². The van der Waals surface area contributed by atoms with Crippen LogP contribution < -0.4 is 14.8 Å². The van der Waals surface area contributed by atoms with E-state index in [2.05, 4.69) is 5.32 Å². The summed E-state index contributed by atoms with van der Waals surface area (Å²) in [5.41, 5.74) is 0.271. The molecule has 0 spiro atoms. The van der Waals surface area contributed by atoms with Gasteiger partial charge in [-0.05, 0) is 42.3 Å². The molecule has 1 heterocycles. The first-order valence-electron chi connectivity index (χ1n) is 7.58. The number of carbonyl (C=O) groups excluding carboxylic acids is 1. The van der Waals surface area contributed by atoms with Gasteiger partial charge in [0.25, 0.3) is 0 Å². The SMILES string of the molecule is CC(O)(CNC(=O)Cc1ccc2c(c1)OCO2)c1cccc(Cl)c1. The fourth-order valence-corrected chi connectivity index (χ4v) is 2.69. The number of benzene rings is 2.